The highest BCUT2D eigenvalue weighted by Crippen LogP contribution is 2.22. The maximum Gasteiger partial charge on any atom is 0.263 e. The van der Waals surface area contributed by atoms with Gasteiger partial charge in [0, 0.05) is 23.4 Å². The molecule has 3 nitrogen and oxygen atoms in total. The number of hydrogen-bond donors (Lipinski definition) is 1. The molecule has 6 heteroatoms. The molecule has 0 aromatic carbocycles. The number of thiophene rings is 1. The molecule has 1 aromatic heterocycles. The second-order valence-corrected chi connectivity index (χ2v) is 6.49. The number of hydrogen-bond acceptors (Lipinski definition) is 3. The molecule has 17 heavy (non-hydrogen) atoms. The van der Waals surface area contributed by atoms with Crippen molar-refractivity contribution < 1.29 is 4.79 Å². The maximum atomic E-state index is 12.0. The Kier molecular flexibility index (Phi) is 6.69. The Bertz CT molecular complexity index is 381. The summed E-state index contributed by atoms with van der Waals surface area (Å²) in [7, 11) is 1.81. The smallest absolute Gasteiger partial charge is 0.263 e. The number of carbonyl (C=O) groups excluding carboxylic acids is 1. The van der Waals surface area contributed by atoms with Crippen LogP contribution < -0.4 is 5.73 Å². The molecule has 0 radical (unpaired) electrons. The molecule has 0 aliphatic rings. The largest absolute Gasteiger partial charge is 0.340 e. The molecule has 0 bridgehead atoms. The summed E-state index contributed by atoms with van der Waals surface area (Å²) in [5, 5.41) is 1.91. The predicted octanol–water partition coefficient (Wildman–Crippen LogP) is 2.99. The summed E-state index contributed by atoms with van der Waals surface area (Å²) in [5.41, 5.74) is 5.61. The van der Waals surface area contributed by atoms with Gasteiger partial charge in [0.2, 0.25) is 0 Å². The molecular weight excluding hydrogens is 324 g/mol. The quantitative estimate of drug-likeness (QED) is 0.915. The van der Waals surface area contributed by atoms with Crippen LogP contribution in [0, 0.1) is 5.41 Å². The minimum Gasteiger partial charge on any atom is -0.340 e. The topological polar surface area (TPSA) is 46.3 Å². The van der Waals surface area contributed by atoms with Crippen LogP contribution in [0.15, 0.2) is 15.9 Å². The Balaban J connectivity index is 0.00000256. The summed E-state index contributed by atoms with van der Waals surface area (Å²) in [6.45, 7) is 5.35. The van der Waals surface area contributed by atoms with Crippen molar-refractivity contribution in [1.82, 2.24) is 4.90 Å². The normalized spacial score (nSPS) is 10.9. The van der Waals surface area contributed by atoms with Gasteiger partial charge in [-0.1, -0.05) is 13.8 Å². The molecular formula is C11H18BrClN2OS. The fourth-order valence-electron chi connectivity index (χ4n) is 1.39. The van der Waals surface area contributed by atoms with Gasteiger partial charge in [0.25, 0.3) is 5.91 Å². The Morgan fingerprint density at radius 1 is 1.59 bits per heavy atom. The summed E-state index contributed by atoms with van der Waals surface area (Å²) in [6, 6.07) is 1.85. The molecule has 1 amide bonds. The highest BCUT2D eigenvalue weighted by molar-refractivity contribution is 9.10. The standard InChI is InChI=1S/C11H17BrN2OS.ClH/c1-11(2,6-13)7-14(3)10(15)9-4-8(12)5-16-9;/h4-5H,6-7,13H2,1-3H3;1H. The third-order valence-electron chi connectivity index (χ3n) is 2.34. The number of carbonyl (C=O) groups is 1. The molecule has 98 valence electrons. The molecule has 2 N–H and O–H groups in total. The fourth-order valence-corrected chi connectivity index (χ4v) is 2.81. The van der Waals surface area contributed by atoms with Crippen molar-refractivity contribution in [3.8, 4) is 0 Å². The van der Waals surface area contributed by atoms with Gasteiger partial charge in [-0.3, -0.25) is 4.79 Å². The minimum atomic E-state index is -0.0428. The van der Waals surface area contributed by atoms with Crippen LogP contribution in [0.2, 0.25) is 0 Å². The van der Waals surface area contributed by atoms with Crippen LogP contribution in [0.1, 0.15) is 23.5 Å². The number of rotatable bonds is 4. The van der Waals surface area contributed by atoms with Gasteiger partial charge in [-0.05, 0) is 34.0 Å². The van der Waals surface area contributed by atoms with E-state index >= 15 is 0 Å². The number of nitrogens with two attached hydrogens (primary N) is 1. The van der Waals surface area contributed by atoms with E-state index in [4.69, 9.17) is 5.73 Å². The lowest BCUT2D eigenvalue weighted by atomic mass is 9.93. The molecule has 0 saturated heterocycles. The maximum absolute atomic E-state index is 12.0. The van der Waals surface area contributed by atoms with Crippen molar-refractivity contribution >= 4 is 45.6 Å². The number of halogens is 2. The first-order chi connectivity index (χ1) is 7.35. The molecule has 0 atom stereocenters. The van der Waals surface area contributed by atoms with Gasteiger partial charge in [0.15, 0.2) is 0 Å². The van der Waals surface area contributed by atoms with Crippen molar-refractivity contribution in [3.63, 3.8) is 0 Å². The zero-order valence-electron chi connectivity index (χ0n) is 10.2. The van der Waals surface area contributed by atoms with E-state index in [9.17, 15) is 4.79 Å². The Labute approximate surface area is 121 Å². The molecule has 0 aliphatic heterocycles. The Hall–Kier alpha value is -0.100. The molecule has 1 aromatic rings. The SMILES string of the molecule is CN(CC(C)(C)CN)C(=O)c1cc(Br)cs1.Cl. The molecule has 1 rings (SSSR count). The zero-order chi connectivity index (χ0) is 12.3. The van der Waals surface area contributed by atoms with E-state index in [1.807, 2.05) is 18.5 Å². The van der Waals surface area contributed by atoms with Gasteiger partial charge in [-0.25, -0.2) is 0 Å². The van der Waals surface area contributed by atoms with Crippen LogP contribution in [0.25, 0.3) is 0 Å². The highest BCUT2D eigenvalue weighted by atomic mass is 79.9. The summed E-state index contributed by atoms with van der Waals surface area (Å²) in [5.74, 6) is 0.0530. The first-order valence-corrected chi connectivity index (χ1v) is 6.72. The number of amides is 1. The van der Waals surface area contributed by atoms with Crippen LogP contribution in [-0.4, -0.2) is 30.9 Å². The summed E-state index contributed by atoms with van der Waals surface area (Å²) >= 11 is 4.79. The average molecular weight is 342 g/mol. The zero-order valence-corrected chi connectivity index (χ0v) is 13.4. The summed E-state index contributed by atoms with van der Waals surface area (Å²) < 4.78 is 0.951. The predicted molar refractivity (Wildman–Crippen MR) is 79.1 cm³/mol. The first-order valence-electron chi connectivity index (χ1n) is 5.05. The van der Waals surface area contributed by atoms with Crippen LogP contribution in [0.5, 0.6) is 0 Å². The third-order valence-corrected chi connectivity index (χ3v) is 4.02. The monoisotopic (exact) mass is 340 g/mol. The lowest BCUT2D eigenvalue weighted by molar-refractivity contribution is 0.0745. The van der Waals surface area contributed by atoms with Gasteiger partial charge < -0.3 is 10.6 Å². The van der Waals surface area contributed by atoms with Crippen LogP contribution in [0.4, 0.5) is 0 Å². The summed E-state index contributed by atoms with van der Waals surface area (Å²) in [6.07, 6.45) is 0. The van der Waals surface area contributed by atoms with Gasteiger partial charge >= 0.3 is 0 Å². The van der Waals surface area contributed by atoms with E-state index in [1.165, 1.54) is 11.3 Å². The van der Waals surface area contributed by atoms with E-state index in [1.54, 1.807) is 4.90 Å². The Morgan fingerprint density at radius 3 is 2.59 bits per heavy atom. The van der Waals surface area contributed by atoms with E-state index in [2.05, 4.69) is 29.8 Å². The lowest BCUT2D eigenvalue weighted by Crippen LogP contribution is -2.39. The average Bonchev–Trinajstić information content (AvgIpc) is 2.63. The molecule has 0 aliphatic carbocycles. The van der Waals surface area contributed by atoms with Gasteiger partial charge in [-0.15, -0.1) is 23.7 Å². The molecule has 0 spiro atoms. The van der Waals surface area contributed by atoms with Crippen LogP contribution in [0.3, 0.4) is 0 Å². The fraction of sp³-hybridized carbons (Fsp3) is 0.545. The second kappa shape index (κ2) is 6.73. The van der Waals surface area contributed by atoms with Crippen molar-refractivity contribution in [2.75, 3.05) is 20.1 Å². The number of nitrogens with zero attached hydrogens (tertiary/aromatic N) is 1. The van der Waals surface area contributed by atoms with E-state index < -0.39 is 0 Å². The molecule has 0 saturated carbocycles. The van der Waals surface area contributed by atoms with Crippen molar-refractivity contribution in [2.24, 2.45) is 11.1 Å². The van der Waals surface area contributed by atoms with E-state index in [-0.39, 0.29) is 23.7 Å². The Morgan fingerprint density at radius 2 is 2.18 bits per heavy atom. The van der Waals surface area contributed by atoms with Gasteiger partial charge in [-0.2, -0.15) is 0 Å². The van der Waals surface area contributed by atoms with Crippen LogP contribution in [-0.2, 0) is 0 Å². The molecule has 1 heterocycles. The van der Waals surface area contributed by atoms with E-state index in [0.29, 0.717) is 13.1 Å². The molecule has 0 unspecified atom stereocenters. The third kappa shape index (κ3) is 4.95. The van der Waals surface area contributed by atoms with Crippen molar-refractivity contribution in [2.45, 2.75) is 13.8 Å². The van der Waals surface area contributed by atoms with Crippen LogP contribution >= 0.6 is 39.7 Å². The minimum absolute atomic E-state index is 0. The first kappa shape index (κ1) is 16.9. The molecule has 0 fully saturated rings. The summed E-state index contributed by atoms with van der Waals surface area (Å²) in [4.78, 5) is 14.5. The van der Waals surface area contributed by atoms with Crippen molar-refractivity contribution in [3.05, 3.63) is 20.8 Å². The second-order valence-electron chi connectivity index (χ2n) is 4.66. The highest BCUT2D eigenvalue weighted by Gasteiger charge is 2.22. The lowest BCUT2D eigenvalue weighted by Gasteiger charge is -2.28. The van der Waals surface area contributed by atoms with E-state index in [0.717, 1.165) is 9.35 Å². The van der Waals surface area contributed by atoms with Gasteiger partial charge in [0.1, 0.15) is 0 Å². The van der Waals surface area contributed by atoms with Crippen molar-refractivity contribution in [1.29, 1.82) is 0 Å². The van der Waals surface area contributed by atoms with Gasteiger partial charge in [0.05, 0.1) is 4.88 Å².